The second kappa shape index (κ2) is 13.0. The van der Waals surface area contributed by atoms with Gasteiger partial charge in [-0.05, 0) is 126 Å². The van der Waals surface area contributed by atoms with Crippen molar-refractivity contribution in [3.05, 3.63) is 70.4 Å². The number of nitrogens with zero attached hydrogens (tertiary/aromatic N) is 3. The molecule has 6 nitrogen and oxygen atoms in total. The van der Waals surface area contributed by atoms with Crippen molar-refractivity contribution < 1.29 is 14.3 Å². The number of ether oxygens (including phenoxy) is 2. The third kappa shape index (κ3) is 6.63. The highest BCUT2D eigenvalue weighted by Gasteiger charge is 2.56. The van der Waals surface area contributed by atoms with Gasteiger partial charge in [-0.1, -0.05) is 61.8 Å². The number of rotatable bonds is 7. The van der Waals surface area contributed by atoms with Gasteiger partial charge in [-0.15, -0.1) is 0 Å². The van der Waals surface area contributed by atoms with E-state index in [9.17, 15) is 10.1 Å². The molecule has 0 spiro atoms. The fourth-order valence-corrected chi connectivity index (χ4v) is 8.73. The highest BCUT2D eigenvalue weighted by Crippen LogP contribution is 2.62. The van der Waals surface area contributed by atoms with Gasteiger partial charge in [-0.3, -0.25) is 9.78 Å². The summed E-state index contributed by atoms with van der Waals surface area (Å²) in [6.07, 6.45) is 10.5. The first-order valence-electron chi connectivity index (χ1n) is 18.1. The smallest absolute Gasteiger partial charge is 0.306 e. The maximum atomic E-state index is 12.6. The summed E-state index contributed by atoms with van der Waals surface area (Å²) in [7, 11) is 0. The molecule has 3 aromatic rings. The number of nitriles is 1. The molecule has 0 amide bonds. The van der Waals surface area contributed by atoms with Gasteiger partial charge in [0.15, 0.2) is 0 Å². The number of carbonyl (C=O) groups is 1. The standard InChI is InChI=1S/C42H53N3O3/c1-9-10-11-39(46)48-37-15-14-33-31-13-12-26-21-36(27(25-43)20-32(26)30(31)16-18-42(33,37)8)47-38-24-29(41(5,6)7)23-35(45-38)34-22-28(17-19-44-34)40(2,3)4/h17,19-24,30-31,33,37H,9-16,18H2,1-8H3/t30-,31+,33-,37-,42-/m0/s1. The number of pyridine rings is 2. The Morgan fingerprint density at radius 3 is 2.44 bits per heavy atom. The van der Waals surface area contributed by atoms with Gasteiger partial charge in [0, 0.05) is 24.1 Å². The number of aryl methyl sites for hydroxylation is 1. The predicted molar refractivity (Wildman–Crippen MR) is 190 cm³/mol. The molecule has 5 atom stereocenters. The fraction of sp³-hybridized carbons (Fsp3) is 0.571. The maximum absolute atomic E-state index is 12.6. The van der Waals surface area contributed by atoms with Crippen molar-refractivity contribution >= 4 is 5.97 Å². The van der Waals surface area contributed by atoms with Crippen molar-refractivity contribution in [3.63, 3.8) is 0 Å². The highest BCUT2D eigenvalue weighted by atomic mass is 16.5. The normalized spacial score (nSPS) is 25.0. The molecule has 0 radical (unpaired) electrons. The number of unbranched alkanes of at least 4 members (excludes halogenated alkanes) is 1. The molecule has 48 heavy (non-hydrogen) atoms. The van der Waals surface area contributed by atoms with Crippen molar-refractivity contribution in [2.75, 3.05) is 0 Å². The van der Waals surface area contributed by atoms with E-state index < -0.39 is 0 Å². The Hall–Kier alpha value is -3.72. The summed E-state index contributed by atoms with van der Waals surface area (Å²) >= 11 is 0. The number of aromatic nitrogens is 2. The lowest BCUT2D eigenvalue weighted by molar-refractivity contribution is -0.157. The van der Waals surface area contributed by atoms with Crippen molar-refractivity contribution in [2.24, 2.45) is 17.3 Å². The number of benzene rings is 1. The molecule has 3 aliphatic carbocycles. The number of hydrogen-bond acceptors (Lipinski definition) is 6. The summed E-state index contributed by atoms with van der Waals surface area (Å²) in [4.78, 5) is 22.2. The molecule has 2 heterocycles. The molecule has 0 N–H and O–H groups in total. The Morgan fingerprint density at radius 2 is 1.73 bits per heavy atom. The van der Waals surface area contributed by atoms with Crippen LogP contribution in [0.3, 0.4) is 0 Å². The number of hydrogen-bond donors (Lipinski definition) is 0. The average Bonchev–Trinajstić information content (AvgIpc) is 3.38. The van der Waals surface area contributed by atoms with Crippen LogP contribution in [0.2, 0.25) is 0 Å². The lowest BCUT2D eigenvalue weighted by Gasteiger charge is -2.50. The first-order valence-corrected chi connectivity index (χ1v) is 18.1. The van der Waals surface area contributed by atoms with Gasteiger partial charge in [0.2, 0.25) is 5.88 Å². The molecule has 0 aliphatic heterocycles. The lowest BCUT2D eigenvalue weighted by Crippen LogP contribution is -2.45. The van der Waals surface area contributed by atoms with Crippen LogP contribution in [0.5, 0.6) is 11.6 Å². The summed E-state index contributed by atoms with van der Waals surface area (Å²) in [5, 5.41) is 10.4. The van der Waals surface area contributed by atoms with Crippen LogP contribution in [0.15, 0.2) is 42.6 Å². The number of esters is 1. The highest BCUT2D eigenvalue weighted by molar-refractivity contribution is 5.69. The summed E-state index contributed by atoms with van der Waals surface area (Å²) < 4.78 is 12.7. The SMILES string of the molecule is CCCCC(=O)O[C@H]1CC[C@H]2[C@@H]3CCc4cc(Oc5cc(C(C)(C)C)cc(-c6cc(C(C)(C)C)ccn6)n5)c(C#N)cc4[C@H]3CC[C@]12C. The van der Waals surface area contributed by atoms with Gasteiger partial charge >= 0.3 is 5.97 Å². The van der Waals surface area contributed by atoms with E-state index in [1.807, 2.05) is 12.3 Å². The van der Waals surface area contributed by atoms with E-state index in [4.69, 9.17) is 14.5 Å². The fourth-order valence-electron chi connectivity index (χ4n) is 8.73. The summed E-state index contributed by atoms with van der Waals surface area (Å²) in [6, 6.07) is 14.9. The van der Waals surface area contributed by atoms with Crippen LogP contribution in [-0.2, 0) is 26.8 Å². The number of carbonyl (C=O) groups excluding carboxylic acids is 1. The minimum atomic E-state index is -0.136. The molecule has 2 aromatic heterocycles. The van der Waals surface area contributed by atoms with E-state index in [1.165, 1.54) is 16.7 Å². The zero-order valence-electron chi connectivity index (χ0n) is 30.3. The van der Waals surface area contributed by atoms with Crippen LogP contribution in [-0.4, -0.2) is 22.0 Å². The molecule has 254 valence electrons. The van der Waals surface area contributed by atoms with Gasteiger partial charge in [0.25, 0.3) is 0 Å². The Kier molecular flexibility index (Phi) is 9.22. The largest absolute Gasteiger partial charge is 0.462 e. The molecule has 2 saturated carbocycles. The molecule has 1 aromatic carbocycles. The van der Waals surface area contributed by atoms with Crippen LogP contribution < -0.4 is 4.74 Å². The Balaban J connectivity index is 1.28. The molecule has 3 aliphatic rings. The van der Waals surface area contributed by atoms with Crippen LogP contribution >= 0.6 is 0 Å². The lowest BCUT2D eigenvalue weighted by atomic mass is 9.55. The first-order chi connectivity index (χ1) is 22.7. The number of fused-ring (bicyclic) bond motifs is 5. The van der Waals surface area contributed by atoms with Gasteiger partial charge in [0.1, 0.15) is 17.9 Å². The van der Waals surface area contributed by atoms with Gasteiger partial charge in [-0.2, -0.15) is 5.26 Å². The molecule has 2 fully saturated rings. The van der Waals surface area contributed by atoms with E-state index in [0.717, 1.165) is 68.3 Å². The zero-order chi connectivity index (χ0) is 34.4. The van der Waals surface area contributed by atoms with Crippen molar-refractivity contribution in [3.8, 4) is 29.1 Å². The van der Waals surface area contributed by atoms with Crippen molar-refractivity contribution in [1.29, 1.82) is 5.26 Å². The monoisotopic (exact) mass is 647 g/mol. The third-order valence-electron chi connectivity index (χ3n) is 11.6. The molecule has 6 rings (SSSR count). The van der Waals surface area contributed by atoms with E-state index >= 15 is 0 Å². The maximum Gasteiger partial charge on any atom is 0.306 e. The topological polar surface area (TPSA) is 85.1 Å². The first kappa shape index (κ1) is 34.2. The molecular weight excluding hydrogens is 594 g/mol. The minimum absolute atomic E-state index is 0.0139. The summed E-state index contributed by atoms with van der Waals surface area (Å²) in [6.45, 7) is 17.6. The average molecular weight is 648 g/mol. The van der Waals surface area contributed by atoms with Crippen molar-refractivity contribution in [2.45, 2.75) is 136 Å². The van der Waals surface area contributed by atoms with E-state index in [2.05, 4.69) is 96.8 Å². The minimum Gasteiger partial charge on any atom is -0.462 e. The zero-order valence-corrected chi connectivity index (χ0v) is 30.3. The molecule has 0 bridgehead atoms. The van der Waals surface area contributed by atoms with Crippen LogP contribution in [0.1, 0.15) is 140 Å². The molecular formula is C42H53N3O3. The summed E-state index contributed by atoms with van der Waals surface area (Å²) in [5.74, 6) is 2.49. The van der Waals surface area contributed by atoms with Crippen LogP contribution in [0.25, 0.3) is 11.4 Å². The van der Waals surface area contributed by atoms with E-state index in [1.54, 1.807) is 0 Å². The second-order valence-electron chi connectivity index (χ2n) is 16.9. The quantitative estimate of drug-likeness (QED) is 0.237. The Bertz CT molecular complexity index is 1730. The van der Waals surface area contributed by atoms with Crippen LogP contribution in [0.4, 0.5) is 0 Å². The van der Waals surface area contributed by atoms with E-state index in [-0.39, 0.29) is 28.3 Å². The molecule has 0 saturated heterocycles. The Labute approximate surface area is 287 Å². The Morgan fingerprint density at radius 1 is 0.979 bits per heavy atom. The predicted octanol–water partition coefficient (Wildman–Crippen LogP) is 10.4. The molecule has 6 heteroatoms. The van der Waals surface area contributed by atoms with Gasteiger partial charge in [-0.25, -0.2) is 4.98 Å². The van der Waals surface area contributed by atoms with E-state index in [0.29, 0.717) is 41.4 Å². The van der Waals surface area contributed by atoms with Crippen LogP contribution in [0, 0.1) is 28.6 Å². The molecule has 0 unspecified atom stereocenters. The second-order valence-corrected chi connectivity index (χ2v) is 16.9. The van der Waals surface area contributed by atoms with Gasteiger partial charge in [0.05, 0.1) is 17.0 Å². The van der Waals surface area contributed by atoms with Crippen molar-refractivity contribution in [1.82, 2.24) is 9.97 Å². The third-order valence-corrected chi connectivity index (χ3v) is 11.6. The van der Waals surface area contributed by atoms with Gasteiger partial charge < -0.3 is 9.47 Å². The summed E-state index contributed by atoms with van der Waals surface area (Å²) in [5.41, 5.74) is 6.88.